The summed E-state index contributed by atoms with van der Waals surface area (Å²) in [5.41, 5.74) is 0.546. The van der Waals surface area contributed by atoms with Gasteiger partial charge in [-0.1, -0.05) is 44.2 Å². The number of aliphatic hydroxyl groups is 1. The summed E-state index contributed by atoms with van der Waals surface area (Å²) in [5.74, 6) is -0.755. The highest BCUT2D eigenvalue weighted by atomic mass is 32.2. The lowest BCUT2D eigenvalue weighted by Gasteiger charge is -2.33. The third-order valence-electron chi connectivity index (χ3n) is 6.92. The summed E-state index contributed by atoms with van der Waals surface area (Å²) < 4.78 is 45.6. The molecule has 0 aromatic heterocycles. The lowest BCUT2D eigenvalue weighted by Crippen LogP contribution is -2.53. The van der Waals surface area contributed by atoms with Crippen LogP contribution < -0.4 is 5.32 Å². The maximum Gasteiger partial charge on any atom is 0.407 e. The molecule has 44 heavy (non-hydrogen) atoms. The molecule has 13 nitrogen and oxygen atoms in total. The van der Waals surface area contributed by atoms with Crippen molar-refractivity contribution in [3.8, 4) is 0 Å². The Morgan fingerprint density at radius 1 is 1.11 bits per heavy atom. The molecule has 0 spiro atoms. The van der Waals surface area contributed by atoms with Gasteiger partial charge < -0.3 is 24.6 Å². The van der Waals surface area contributed by atoms with Gasteiger partial charge in [-0.15, -0.1) is 0 Å². The standard InChI is InChI=1S/C30H41N3O10S/c1-22(2)19-32(44(39,40)26-13-11-24(12-14-26)33(37)38)20-28(43-29(35)10-6-7-16-34)27(18-23-8-4-3-5-9-23)31-30(36)42-25-15-17-41-21-25/h3-5,8-9,11-14,22,25,27-28,34H,6-7,10,15-21H2,1-2H3,(H,31,36). The molecule has 0 saturated carbocycles. The molecule has 3 unspecified atom stereocenters. The van der Waals surface area contributed by atoms with Gasteiger partial charge in [0.1, 0.15) is 12.2 Å². The minimum absolute atomic E-state index is 0.0156. The summed E-state index contributed by atoms with van der Waals surface area (Å²) in [4.78, 5) is 36.4. The van der Waals surface area contributed by atoms with Crippen LogP contribution in [0, 0.1) is 16.0 Å². The van der Waals surface area contributed by atoms with Gasteiger partial charge in [0, 0.05) is 38.1 Å². The molecule has 1 aliphatic heterocycles. The normalized spacial score (nSPS) is 16.4. The molecule has 1 heterocycles. The van der Waals surface area contributed by atoms with Crippen molar-refractivity contribution >= 4 is 27.8 Å². The van der Waals surface area contributed by atoms with Gasteiger partial charge in [0.05, 0.1) is 35.6 Å². The van der Waals surface area contributed by atoms with Gasteiger partial charge in [-0.05, 0) is 42.9 Å². The third-order valence-corrected chi connectivity index (χ3v) is 8.77. The fraction of sp³-hybridized carbons (Fsp3) is 0.533. The van der Waals surface area contributed by atoms with E-state index in [1.807, 2.05) is 44.2 Å². The van der Waals surface area contributed by atoms with Crippen LogP contribution in [0.2, 0.25) is 0 Å². The van der Waals surface area contributed by atoms with Crippen molar-refractivity contribution in [1.29, 1.82) is 0 Å². The molecule has 2 aromatic rings. The Labute approximate surface area is 257 Å². The van der Waals surface area contributed by atoms with E-state index in [-0.39, 0.29) is 55.6 Å². The monoisotopic (exact) mass is 635 g/mol. The van der Waals surface area contributed by atoms with Crippen molar-refractivity contribution in [2.24, 2.45) is 5.92 Å². The van der Waals surface area contributed by atoms with E-state index in [0.717, 1.165) is 29.8 Å². The number of hydrogen-bond acceptors (Lipinski definition) is 10. The first-order valence-corrected chi connectivity index (χ1v) is 16.1. The predicted molar refractivity (Wildman–Crippen MR) is 160 cm³/mol. The number of nitrogens with zero attached hydrogens (tertiary/aromatic N) is 2. The summed E-state index contributed by atoms with van der Waals surface area (Å²) in [5, 5.41) is 23.1. The van der Waals surface area contributed by atoms with Crippen molar-refractivity contribution in [1.82, 2.24) is 9.62 Å². The minimum Gasteiger partial charge on any atom is -0.459 e. The Kier molecular flexibility index (Phi) is 13.5. The maximum atomic E-state index is 13.9. The summed E-state index contributed by atoms with van der Waals surface area (Å²) >= 11 is 0. The van der Waals surface area contributed by atoms with E-state index in [0.29, 0.717) is 25.9 Å². The number of nitrogens with one attached hydrogen (secondary N) is 1. The molecule has 1 fully saturated rings. The van der Waals surface area contributed by atoms with Crippen LogP contribution in [0.1, 0.15) is 45.1 Å². The van der Waals surface area contributed by atoms with Gasteiger partial charge in [-0.25, -0.2) is 13.2 Å². The van der Waals surface area contributed by atoms with E-state index >= 15 is 0 Å². The number of rotatable bonds is 17. The lowest BCUT2D eigenvalue weighted by atomic mass is 10.0. The lowest BCUT2D eigenvalue weighted by molar-refractivity contribution is -0.384. The van der Waals surface area contributed by atoms with Gasteiger partial charge in [-0.3, -0.25) is 14.9 Å². The van der Waals surface area contributed by atoms with Crippen LogP contribution in [-0.4, -0.2) is 86.0 Å². The Morgan fingerprint density at radius 2 is 1.82 bits per heavy atom. The zero-order valence-corrected chi connectivity index (χ0v) is 25.8. The molecule has 242 valence electrons. The van der Waals surface area contributed by atoms with Gasteiger partial charge in [0.15, 0.2) is 0 Å². The van der Waals surface area contributed by atoms with E-state index in [4.69, 9.17) is 19.3 Å². The number of non-ortho nitro benzene ring substituents is 1. The second-order valence-electron chi connectivity index (χ2n) is 11.0. The highest BCUT2D eigenvalue weighted by Gasteiger charge is 2.35. The number of nitro groups is 1. The van der Waals surface area contributed by atoms with Crippen molar-refractivity contribution in [3.63, 3.8) is 0 Å². The number of carbonyl (C=O) groups is 2. The number of amides is 1. The first-order valence-electron chi connectivity index (χ1n) is 14.6. The average molecular weight is 636 g/mol. The Balaban J connectivity index is 1.97. The van der Waals surface area contributed by atoms with Gasteiger partial charge in [0.2, 0.25) is 10.0 Å². The molecule has 1 amide bonds. The number of aliphatic hydroxyl groups excluding tert-OH is 1. The topological polar surface area (TPSA) is 175 Å². The van der Waals surface area contributed by atoms with E-state index in [1.165, 1.54) is 4.31 Å². The van der Waals surface area contributed by atoms with Crippen LogP contribution in [0.5, 0.6) is 0 Å². The van der Waals surface area contributed by atoms with Gasteiger partial charge in [-0.2, -0.15) is 4.31 Å². The third kappa shape index (κ3) is 10.8. The summed E-state index contributed by atoms with van der Waals surface area (Å²) in [7, 11) is -4.22. The average Bonchev–Trinajstić information content (AvgIpc) is 3.49. The summed E-state index contributed by atoms with van der Waals surface area (Å²) in [6.07, 6.45) is -0.875. The van der Waals surface area contributed by atoms with E-state index in [1.54, 1.807) is 0 Å². The van der Waals surface area contributed by atoms with Crippen molar-refractivity contribution in [3.05, 3.63) is 70.3 Å². The molecular weight excluding hydrogens is 594 g/mol. The SMILES string of the molecule is CC(C)CN(CC(OC(=O)CCCCO)C(Cc1ccccc1)NC(=O)OC1CCOC1)S(=O)(=O)c1ccc([N+](=O)[O-])cc1. The summed E-state index contributed by atoms with van der Waals surface area (Å²) in [6, 6.07) is 12.8. The molecule has 0 bridgehead atoms. The number of alkyl carbamates (subject to hydrolysis) is 1. The van der Waals surface area contributed by atoms with Crippen molar-refractivity contribution in [2.75, 3.05) is 32.9 Å². The molecule has 0 aliphatic carbocycles. The Bertz CT molecular complexity index is 1320. The van der Waals surface area contributed by atoms with Crippen LogP contribution >= 0.6 is 0 Å². The fourth-order valence-electron chi connectivity index (χ4n) is 4.71. The van der Waals surface area contributed by atoms with Crippen molar-refractivity contribution in [2.45, 2.75) is 69.1 Å². The smallest absolute Gasteiger partial charge is 0.407 e. The van der Waals surface area contributed by atoms with E-state index < -0.39 is 45.3 Å². The van der Waals surface area contributed by atoms with Crippen molar-refractivity contribution < 1.29 is 42.2 Å². The number of nitro benzene ring substituents is 1. The van der Waals surface area contributed by atoms with E-state index in [9.17, 15) is 28.1 Å². The number of benzene rings is 2. The number of esters is 1. The molecular formula is C30H41N3O10S. The second-order valence-corrected chi connectivity index (χ2v) is 12.9. The first-order chi connectivity index (χ1) is 21.0. The number of unbranched alkanes of at least 4 members (excludes halogenated alkanes) is 1. The minimum atomic E-state index is -4.22. The molecule has 2 N–H and O–H groups in total. The molecule has 3 atom stereocenters. The van der Waals surface area contributed by atoms with Gasteiger partial charge in [0.25, 0.3) is 5.69 Å². The molecule has 2 aromatic carbocycles. The highest BCUT2D eigenvalue weighted by molar-refractivity contribution is 7.89. The second kappa shape index (κ2) is 17.0. The Hall–Kier alpha value is -3.59. The van der Waals surface area contributed by atoms with Crippen LogP contribution in [0.15, 0.2) is 59.5 Å². The molecule has 1 aliphatic rings. The number of hydrogen-bond donors (Lipinski definition) is 2. The predicted octanol–water partition coefficient (Wildman–Crippen LogP) is 3.44. The zero-order chi connectivity index (χ0) is 32.1. The number of ether oxygens (including phenoxy) is 3. The molecule has 14 heteroatoms. The molecule has 3 rings (SSSR count). The van der Waals surface area contributed by atoms with Crippen LogP contribution in [-0.2, 0) is 35.4 Å². The van der Waals surface area contributed by atoms with Gasteiger partial charge >= 0.3 is 12.1 Å². The van der Waals surface area contributed by atoms with Crippen LogP contribution in [0.4, 0.5) is 10.5 Å². The fourth-order valence-corrected chi connectivity index (χ4v) is 6.32. The highest BCUT2D eigenvalue weighted by Crippen LogP contribution is 2.23. The number of sulfonamides is 1. The Morgan fingerprint density at radius 3 is 2.41 bits per heavy atom. The van der Waals surface area contributed by atoms with Crippen LogP contribution in [0.25, 0.3) is 0 Å². The van der Waals surface area contributed by atoms with E-state index in [2.05, 4.69) is 5.32 Å². The first kappa shape index (κ1) is 34.9. The molecule has 1 saturated heterocycles. The maximum absolute atomic E-state index is 13.9. The quantitative estimate of drug-likeness (QED) is 0.113. The largest absolute Gasteiger partial charge is 0.459 e. The summed E-state index contributed by atoms with van der Waals surface area (Å²) in [6.45, 7) is 4.01. The number of carbonyl (C=O) groups excluding carboxylic acids is 2. The molecule has 0 radical (unpaired) electrons. The zero-order valence-electron chi connectivity index (χ0n) is 25.0. The van der Waals surface area contributed by atoms with Crippen LogP contribution in [0.3, 0.4) is 0 Å².